The number of nitrogens with zero attached hydrogens (tertiary/aromatic N) is 1. The van der Waals surface area contributed by atoms with Gasteiger partial charge in [0.1, 0.15) is 10.8 Å². The van der Waals surface area contributed by atoms with Gasteiger partial charge in [0.05, 0.1) is 0 Å². The minimum absolute atomic E-state index is 0.0480. The Morgan fingerprint density at radius 2 is 2.00 bits per heavy atom. The van der Waals surface area contributed by atoms with Crippen molar-refractivity contribution in [3.8, 4) is 5.75 Å². The summed E-state index contributed by atoms with van der Waals surface area (Å²) in [5, 5.41) is 15.1. The third-order valence-corrected chi connectivity index (χ3v) is 4.40. The van der Waals surface area contributed by atoms with Crippen molar-refractivity contribution in [3.63, 3.8) is 0 Å². The lowest BCUT2D eigenvalue weighted by atomic mass is 10.2. The van der Waals surface area contributed by atoms with Crippen LogP contribution in [0.4, 0.5) is 0 Å². The van der Waals surface area contributed by atoms with Crippen LogP contribution in [0.5, 0.6) is 5.75 Å². The molecule has 21 heavy (non-hydrogen) atoms. The zero-order chi connectivity index (χ0) is 14.7. The topological polar surface area (TPSA) is 59.4 Å². The molecule has 1 N–H and O–H groups in total. The van der Waals surface area contributed by atoms with E-state index >= 15 is 0 Å². The molecular formula is C15H11NO3S2. The standard InChI is InChI=1S/C15H11NO3S2/c17-15(18)12-9-21-14(16-12)13(10-6-7-20-8-10)19-11-4-2-1-3-5-11/h1-9,13H,(H,17,18). The highest BCUT2D eigenvalue weighted by Gasteiger charge is 2.22. The maximum Gasteiger partial charge on any atom is 0.355 e. The van der Waals surface area contributed by atoms with E-state index in [2.05, 4.69) is 4.98 Å². The van der Waals surface area contributed by atoms with Gasteiger partial charge in [0.25, 0.3) is 0 Å². The summed E-state index contributed by atoms with van der Waals surface area (Å²) >= 11 is 2.86. The maximum atomic E-state index is 11.0. The summed E-state index contributed by atoms with van der Waals surface area (Å²) in [5.74, 6) is -0.304. The Balaban J connectivity index is 1.94. The highest BCUT2D eigenvalue weighted by Crippen LogP contribution is 2.31. The molecule has 0 fully saturated rings. The van der Waals surface area contributed by atoms with Gasteiger partial charge in [-0.15, -0.1) is 11.3 Å². The van der Waals surface area contributed by atoms with Gasteiger partial charge in [-0.2, -0.15) is 11.3 Å². The summed E-state index contributed by atoms with van der Waals surface area (Å²) in [5.41, 5.74) is 1.02. The van der Waals surface area contributed by atoms with Crippen molar-refractivity contribution in [1.82, 2.24) is 4.98 Å². The van der Waals surface area contributed by atoms with Crippen molar-refractivity contribution in [1.29, 1.82) is 0 Å². The number of ether oxygens (including phenoxy) is 1. The van der Waals surface area contributed by atoms with E-state index in [9.17, 15) is 4.79 Å². The van der Waals surface area contributed by atoms with Crippen molar-refractivity contribution in [2.75, 3.05) is 0 Å². The van der Waals surface area contributed by atoms with Gasteiger partial charge in [0, 0.05) is 10.9 Å². The lowest BCUT2D eigenvalue weighted by Crippen LogP contribution is -2.09. The Morgan fingerprint density at radius 1 is 1.19 bits per heavy atom. The number of rotatable bonds is 5. The number of thiophene rings is 1. The minimum atomic E-state index is -1.03. The van der Waals surface area contributed by atoms with Crippen molar-refractivity contribution < 1.29 is 14.6 Å². The van der Waals surface area contributed by atoms with E-state index in [1.165, 1.54) is 16.7 Å². The molecule has 0 saturated carbocycles. The second-order valence-corrected chi connectivity index (χ2v) is 5.91. The number of hydrogen-bond acceptors (Lipinski definition) is 5. The van der Waals surface area contributed by atoms with Gasteiger partial charge in [-0.05, 0) is 29.0 Å². The quantitative estimate of drug-likeness (QED) is 0.770. The molecule has 0 aliphatic rings. The molecule has 0 aliphatic heterocycles. The highest BCUT2D eigenvalue weighted by molar-refractivity contribution is 7.10. The molecule has 0 radical (unpaired) electrons. The predicted octanol–water partition coefficient (Wildman–Crippen LogP) is 4.07. The van der Waals surface area contributed by atoms with Gasteiger partial charge >= 0.3 is 5.97 Å². The molecule has 4 nitrogen and oxygen atoms in total. The normalized spacial score (nSPS) is 12.0. The van der Waals surface area contributed by atoms with Crippen LogP contribution in [0.3, 0.4) is 0 Å². The van der Waals surface area contributed by atoms with E-state index in [-0.39, 0.29) is 5.69 Å². The molecule has 0 amide bonds. The number of carboxylic acid groups (broad SMARTS) is 1. The summed E-state index contributed by atoms with van der Waals surface area (Å²) in [6.45, 7) is 0. The summed E-state index contributed by atoms with van der Waals surface area (Å²) in [6.07, 6.45) is -0.392. The first-order valence-electron chi connectivity index (χ1n) is 6.16. The van der Waals surface area contributed by atoms with Gasteiger partial charge in [-0.1, -0.05) is 18.2 Å². The van der Waals surface area contributed by atoms with E-state index in [0.717, 1.165) is 11.3 Å². The molecular weight excluding hydrogens is 306 g/mol. The number of hydrogen-bond donors (Lipinski definition) is 1. The van der Waals surface area contributed by atoms with Crippen LogP contribution in [0.25, 0.3) is 0 Å². The number of carbonyl (C=O) groups is 1. The van der Waals surface area contributed by atoms with E-state index in [1.54, 1.807) is 11.3 Å². The fourth-order valence-electron chi connectivity index (χ4n) is 1.83. The average molecular weight is 317 g/mol. The average Bonchev–Trinajstić information content (AvgIpc) is 3.17. The number of benzene rings is 1. The Bertz CT molecular complexity index is 722. The van der Waals surface area contributed by atoms with Crippen LogP contribution in [-0.4, -0.2) is 16.1 Å². The van der Waals surface area contributed by atoms with Crippen LogP contribution in [-0.2, 0) is 0 Å². The first-order chi connectivity index (χ1) is 10.2. The molecule has 0 saturated heterocycles. The minimum Gasteiger partial charge on any atom is -0.478 e. The molecule has 1 atom stereocenters. The van der Waals surface area contributed by atoms with Gasteiger partial charge in [0.2, 0.25) is 0 Å². The van der Waals surface area contributed by atoms with E-state index in [4.69, 9.17) is 9.84 Å². The van der Waals surface area contributed by atoms with Crippen LogP contribution in [0.2, 0.25) is 0 Å². The predicted molar refractivity (Wildman–Crippen MR) is 82.3 cm³/mol. The molecule has 106 valence electrons. The number of carboxylic acids is 1. The first-order valence-corrected chi connectivity index (χ1v) is 7.99. The van der Waals surface area contributed by atoms with Crippen molar-refractivity contribution >= 4 is 28.6 Å². The number of aromatic carboxylic acids is 1. The van der Waals surface area contributed by atoms with Crippen LogP contribution < -0.4 is 4.74 Å². The molecule has 2 heterocycles. The Labute approximate surface area is 129 Å². The van der Waals surface area contributed by atoms with Gasteiger partial charge in [-0.25, -0.2) is 9.78 Å². The molecule has 0 spiro atoms. The maximum absolute atomic E-state index is 11.0. The molecule has 3 aromatic rings. The molecule has 0 aliphatic carbocycles. The van der Waals surface area contributed by atoms with Crippen LogP contribution >= 0.6 is 22.7 Å². The third-order valence-electron chi connectivity index (χ3n) is 2.81. The molecule has 0 bridgehead atoms. The number of thiazole rings is 1. The van der Waals surface area contributed by atoms with Gasteiger partial charge < -0.3 is 9.84 Å². The van der Waals surface area contributed by atoms with Gasteiger partial charge in [0.15, 0.2) is 11.8 Å². The Kier molecular flexibility index (Phi) is 3.98. The second kappa shape index (κ2) is 6.07. The van der Waals surface area contributed by atoms with Crippen LogP contribution in [0.1, 0.15) is 27.2 Å². The van der Waals surface area contributed by atoms with Crippen LogP contribution in [0.15, 0.2) is 52.5 Å². The summed E-state index contributed by atoms with van der Waals surface area (Å²) in [4.78, 5) is 15.1. The smallest absolute Gasteiger partial charge is 0.355 e. The van der Waals surface area contributed by atoms with E-state index in [0.29, 0.717) is 5.01 Å². The van der Waals surface area contributed by atoms with Crippen molar-refractivity contribution in [2.24, 2.45) is 0 Å². The van der Waals surface area contributed by atoms with Crippen LogP contribution in [0, 0.1) is 0 Å². The lowest BCUT2D eigenvalue weighted by Gasteiger charge is -2.16. The Hall–Kier alpha value is -2.18. The SMILES string of the molecule is O=C(O)c1csc(C(Oc2ccccc2)c2ccsc2)n1. The van der Waals surface area contributed by atoms with E-state index < -0.39 is 12.1 Å². The number of para-hydroxylation sites is 1. The van der Waals surface area contributed by atoms with Crippen molar-refractivity contribution in [3.05, 3.63) is 68.8 Å². The zero-order valence-corrected chi connectivity index (χ0v) is 12.4. The second-order valence-electron chi connectivity index (χ2n) is 4.24. The summed E-state index contributed by atoms with van der Waals surface area (Å²) < 4.78 is 6.00. The molecule has 1 aromatic carbocycles. The molecule has 2 aromatic heterocycles. The third kappa shape index (κ3) is 3.12. The summed E-state index contributed by atoms with van der Waals surface area (Å²) in [6, 6.07) is 11.4. The molecule has 6 heteroatoms. The first kappa shape index (κ1) is 13.8. The zero-order valence-electron chi connectivity index (χ0n) is 10.8. The number of aromatic nitrogens is 1. The fraction of sp³-hybridized carbons (Fsp3) is 0.0667. The fourth-order valence-corrected chi connectivity index (χ4v) is 3.34. The largest absolute Gasteiger partial charge is 0.478 e. The van der Waals surface area contributed by atoms with E-state index in [1.807, 2.05) is 47.2 Å². The van der Waals surface area contributed by atoms with Gasteiger partial charge in [-0.3, -0.25) is 0 Å². The highest BCUT2D eigenvalue weighted by atomic mass is 32.1. The Morgan fingerprint density at radius 3 is 2.62 bits per heavy atom. The van der Waals surface area contributed by atoms with Crippen molar-refractivity contribution in [2.45, 2.75) is 6.10 Å². The lowest BCUT2D eigenvalue weighted by molar-refractivity contribution is 0.0691. The molecule has 3 rings (SSSR count). The monoisotopic (exact) mass is 317 g/mol. The summed E-state index contributed by atoms with van der Waals surface area (Å²) in [7, 11) is 0. The molecule has 1 unspecified atom stereocenters.